The molecule has 0 saturated carbocycles. The van der Waals surface area contributed by atoms with E-state index in [-0.39, 0.29) is 16.6 Å². The second-order valence-corrected chi connectivity index (χ2v) is 5.60. The first-order valence-electron chi connectivity index (χ1n) is 6.18. The molecule has 4 nitrogen and oxygen atoms in total. The van der Waals surface area contributed by atoms with Gasteiger partial charge in [-0.3, -0.25) is 4.79 Å². The summed E-state index contributed by atoms with van der Waals surface area (Å²) >= 11 is 12.0. The number of aromatic nitrogens is 1. The first-order valence-corrected chi connectivity index (χ1v) is 6.94. The van der Waals surface area contributed by atoms with Gasteiger partial charge in [0.1, 0.15) is 5.02 Å². The number of nitrogens with one attached hydrogen (secondary N) is 1. The third-order valence-corrected chi connectivity index (χ3v) is 3.23. The van der Waals surface area contributed by atoms with E-state index in [2.05, 4.69) is 10.5 Å². The maximum absolute atomic E-state index is 11.9. The maximum atomic E-state index is 11.9. The van der Waals surface area contributed by atoms with Gasteiger partial charge in [0.2, 0.25) is 0 Å². The number of halogens is 2. The maximum Gasteiger partial charge on any atom is 0.275 e. The molecule has 0 aliphatic rings. The zero-order valence-electron chi connectivity index (χ0n) is 11.1. The van der Waals surface area contributed by atoms with Crippen LogP contribution in [0.5, 0.6) is 0 Å². The quantitative estimate of drug-likeness (QED) is 0.927. The Bertz CT molecular complexity index is 606. The molecule has 0 bridgehead atoms. The molecule has 2 rings (SSSR count). The second kappa shape index (κ2) is 6.29. The van der Waals surface area contributed by atoms with Crippen LogP contribution in [-0.4, -0.2) is 17.6 Å². The number of hydrogen-bond acceptors (Lipinski definition) is 3. The first kappa shape index (κ1) is 14.9. The van der Waals surface area contributed by atoms with Crippen molar-refractivity contribution in [3.05, 3.63) is 40.0 Å². The molecule has 0 aliphatic heterocycles. The van der Waals surface area contributed by atoms with Crippen LogP contribution >= 0.6 is 23.2 Å². The van der Waals surface area contributed by atoms with E-state index < -0.39 is 0 Å². The van der Waals surface area contributed by atoms with E-state index >= 15 is 0 Å². The minimum absolute atomic E-state index is 0.0947. The summed E-state index contributed by atoms with van der Waals surface area (Å²) in [5, 5.41) is 7.30. The molecule has 2 aromatic rings. The number of amides is 1. The van der Waals surface area contributed by atoms with Crippen LogP contribution < -0.4 is 5.32 Å². The average molecular weight is 313 g/mol. The predicted octanol–water partition coefficient (Wildman–Crippen LogP) is 4.03. The standard InChI is InChI=1S/C14H14Cl2N2O2/c1-8(2)7-17-14(19)12-11(16)13(20-18-12)9-3-5-10(15)6-4-9/h3-6,8H,7H2,1-2H3,(H,17,19). The van der Waals surface area contributed by atoms with Crippen LogP contribution in [0.25, 0.3) is 11.3 Å². The highest BCUT2D eigenvalue weighted by atomic mass is 35.5. The van der Waals surface area contributed by atoms with Crippen molar-refractivity contribution in [2.45, 2.75) is 13.8 Å². The van der Waals surface area contributed by atoms with Crippen LogP contribution in [-0.2, 0) is 0 Å². The fourth-order valence-electron chi connectivity index (χ4n) is 1.58. The summed E-state index contributed by atoms with van der Waals surface area (Å²) in [4.78, 5) is 11.9. The van der Waals surface area contributed by atoms with Crippen LogP contribution in [0.3, 0.4) is 0 Å². The van der Waals surface area contributed by atoms with E-state index in [0.29, 0.717) is 23.2 Å². The number of rotatable bonds is 4. The lowest BCUT2D eigenvalue weighted by molar-refractivity contribution is 0.0940. The Morgan fingerprint density at radius 2 is 1.95 bits per heavy atom. The zero-order valence-corrected chi connectivity index (χ0v) is 12.6. The van der Waals surface area contributed by atoms with Gasteiger partial charge >= 0.3 is 0 Å². The monoisotopic (exact) mass is 312 g/mol. The van der Waals surface area contributed by atoms with Gasteiger partial charge in [-0.25, -0.2) is 0 Å². The molecule has 0 atom stereocenters. The molecule has 1 amide bonds. The van der Waals surface area contributed by atoms with Crippen molar-refractivity contribution < 1.29 is 9.32 Å². The summed E-state index contributed by atoms with van der Waals surface area (Å²) in [6, 6.07) is 6.94. The van der Waals surface area contributed by atoms with Crippen molar-refractivity contribution in [1.29, 1.82) is 0 Å². The van der Waals surface area contributed by atoms with Crippen LogP contribution in [0.1, 0.15) is 24.3 Å². The van der Waals surface area contributed by atoms with E-state index in [1.165, 1.54) is 0 Å². The summed E-state index contributed by atoms with van der Waals surface area (Å²) < 4.78 is 5.16. The van der Waals surface area contributed by atoms with Crippen LogP contribution in [0.4, 0.5) is 0 Å². The van der Waals surface area contributed by atoms with Crippen molar-refractivity contribution in [3.8, 4) is 11.3 Å². The van der Waals surface area contributed by atoms with Crippen molar-refractivity contribution in [1.82, 2.24) is 10.5 Å². The summed E-state index contributed by atoms with van der Waals surface area (Å²) in [6.45, 7) is 4.56. The lowest BCUT2D eigenvalue weighted by Gasteiger charge is -2.05. The van der Waals surface area contributed by atoms with Gasteiger partial charge < -0.3 is 9.84 Å². The first-order chi connectivity index (χ1) is 9.49. The smallest absolute Gasteiger partial charge is 0.275 e. The molecule has 106 valence electrons. The summed E-state index contributed by atoms with van der Waals surface area (Å²) in [7, 11) is 0. The zero-order chi connectivity index (χ0) is 14.7. The Morgan fingerprint density at radius 3 is 2.55 bits per heavy atom. The SMILES string of the molecule is CC(C)CNC(=O)c1noc(-c2ccc(Cl)cc2)c1Cl. The number of carbonyl (C=O) groups excluding carboxylic acids is 1. The second-order valence-electron chi connectivity index (χ2n) is 4.79. The van der Waals surface area contributed by atoms with Gasteiger partial charge in [0, 0.05) is 17.1 Å². The van der Waals surface area contributed by atoms with Crippen molar-refractivity contribution in [3.63, 3.8) is 0 Å². The highest BCUT2D eigenvalue weighted by molar-refractivity contribution is 6.35. The molecule has 0 spiro atoms. The minimum atomic E-state index is -0.340. The lowest BCUT2D eigenvalue weighted by Crippen LogP contribution is -2.27. The molecule has 0 fully saturated rings. The van der Waals surface area contributed by atoms with E-state index in [9.17, 15) is 4.79 Å². The van der Waals surface area contributed by atoms with Crippen molar-refractivity contribution in [2.75, 3.05) is 6.54 Å². The molecule has 0 aliphatic carbocycles. The molecule has 1 aromatic carbocycles. The summed E-state index contributed by atoms with van der Waals surface area (Å²) in [6.07, 6.45) is 0. The molecule has 0 saturated heterocycles. The average Bonchev–Trinajstić information content (AvgIpc) is 2.79. The minimum Gasteiger partial charge on any atom is -0.354 e. The lowest BCUT2D eigenvalue weighted by atomic mass is 10.1. The number of nitrogens with zero attached hydrogens (tertiary/aromatic N) is 1. The largest absolute Gasteiger partial charge is 0.354 e. The molecule has 1 heterocycles. The molecule has 0 radical (unpaired) electrons. The Kier molecular flexibility index (Phi) is 4.68. The van der Waals surface area contributed by atoms with Gasteiger partial charge in [-0.2, -0.15) is 0 Å². The Hall–Kier alpha value is -1.52. The molecule has 1 aromatic heterocycles. The van der Waals surface area contributed by atoms with Crippen LogP contribution in [0.2, 0.25) is 10.0 Å². The fourth-order valence-corrected chi connectivity index (χ4v) is 1.97. The Balaban J connectivity index is 2.22. The third kappa shape index (κ3) is 3.32. The van der Waals surface area contributed by atoms with Gasteiger partial charge in [-0.05, 0) is 30.2 Å². The summed E-state index contributed by atoms with van der Waals surface area (Å²) in [5.74, 6) is 0.367. The Labute approximate surface area is 127 Å². The molecule has 20 heavy (non-hydrogen) atoms. The van der Waals surface area contributed by atoms with Crippen molar-refractivity contribution in [2.24, 2.45) is 5.92 Å². The van der Waals surface area contributed by atoms with Crippen LogP contribution in [0.15, 0.2) is 28.8 Å². The molecular weight excluding hydrogens is 299 g/mol. The van der Waals surface area contributed by atoms with Gasteiger partial charge in [-0.15, -0.1) is 0 Å². The van der Waals surface area contributed by atoms with Gasteiger partial charge in [0.05, 0.1) is 0 Å². The van der Waals surface area contributed by atoms with Crippen LogP contribution in [0, 0.1) is 5.92 Å². The van der Waals surface area contributed by atoms with Gasteiger partial charge in [0.15, 0.2) is 11.5 Å². The molecular formula is C14H14Cl2N2O2. The fraction of sp³-hybridized carbons (Fsp3) is 0.286. The number of hydrogen-bond donors (Lipinski definition) is 1. The third-order valence-electron chi connectivity index (χ3n) is 2.63. The highest BCUT2D eigenvalue weighted by Crippen LogP contribution is 2.31. The molecule has 6 heteroatoms. The highest BCUT2D eigenvalue weighted by Gasteiger charge is 2.21. The van der Waals surface area contributed by atoms with E-state index in [1.807, 2.05) is 13.8 Å². The molecule has 1 N–H and O–H groups in total. The van der Waals surface area contributed by atoms with E-state index in [4.69, 9.17) is 27.7 Å². The normalized spacial score (nSPS) is 10.8. The van der Waals surface area contributed by atoms with Gasteiger partial charge in [0.25, 0.3) is 5.91 Å². The topological polar surface area (TPSA) is 55.1 Å². The number of benzene rings is 1. The van der Waals surface area contributed by atoms with E-state index in [1.54, 1.807) is 24.3 Å². The van der Waals surface area contributed by atoms with Crippen molar-refractivity contribution >= 4 is 29.1 Å². The molecule has 0 unspecified atom stereocenters. The Morgan fingerprint density at radius 1 is 1.30 bits per heavy atom. The predicted molar refractivity (Wildman–Crippen MR) is 79.1 cm³/mol. The van der Waals surface area contributed by atoms with E-state index in [0.717, 1.165) is 5.56 Å². The van der Waals surface area contributed by atoms with Gasteiger partial charge in [-0.1, -0.05) is 42.2 Å². The number of carbonyl (C=O) groups is 1. The summed E-state index contributed by atoms with van der Waals surface area (Å²) in [5.41, 5.74) is 0.812.